The number of nitriles is 1. The van der Waals surface area contributed by atoms with E-state index in [1.165, 1.54) is 18.2 Å². The summed E-state index contributed by atoms with van der Waals surface area (Å²) in [5, 5.41) is 14.0. The molecule has 3 heterocycles. The number of rotatable bonds is 5. The molecule has 8 nitrogen and oxygen atoms in total. The molecule has 40 heavy (non-hydrogen) atoms. The molecule has 0 spiro atoms. The highest BCUT2D eigenvalue weighted by Gasteiger charge is 2.42. The molecular weight excluding hydrogens is 559 g/mol. The van der Waals surface area contributed by atoms with Gasteiger partial charge in [0.1, 0.15) is 23.4 Å². The fourth-order valence-corrected chi connectivity index (χ4v) is 7.07. The molecule has 0 aliphatic carbocycles. The third-order valence-electron chi connectivity index (χ3n) is 7.60. The Morgan fingerprint density at radius 1 is 1.25 bits per heavy atom. The van der Waals surface area contributed by atoms with E-state index in [0.717, 1.165) is 24.0 Å². The summed E-state index contributed by atoms with van der Waals surface area (Å²) in [6, 6.07) is 8.08. The summed E-state index contributed by atoms with van der Waals surface area (Å²) in [5.74, 6) is -1.88. The van der Waals surface area contributed by atoms with E-state index in [1.807, 2.05) is 13.0 Å². The van der Waals surface area contributed by atoms with Gasteiger partial charge in [0.15, 0.2) is 0 Å². The van der Waals surface area contributed by atoms with Crippen LogP contribution in [-0.4, -0.2) is 54.7 Å². The maximum atomic E-state index is 14.7. The number of hydrazine groups is 1. The summed E-state index contributed by atoms with van der Waals surface area (Å²) >= 11 is 6.66. The Labute approximate surface area is 236 Å². The first-order chi connectivity index (χ1) is 18.9. The molecule has 1 fully saturated rings. The van der Waals surface area contributed by atoms with E-state index in [9.17, 15) is 23.0 Å². The molecule has 0 aromatic heterocycles. The number of nitrogens with one attached hydrogen (secondary N) is 2. The lowest BCUT2D eigenvalue weighted by molar-refractivity contribution is -0.173. The zero-order valence-corrected chi connectivity index (χ0v) is 23.8. The molecule has 1 amide bonds. The van der Waals surface area contributed by atoms with Gasteiger partial charge in [-0.3, -0.25) is 4.79 Å². The Kier molecular flexibility index (Phi) is 7.53. The number of carbonyl (C=O) groups is 1. The Morgan fingerprint density at radius 3 is 2.65 bits per heavy atom. The Balaban J connectivity index is 1.44. The second-order valence-corrected chi connectivity index (χ2v) is 13.3. The standard InChI is InChI=1S/C28H29ClF2N5O3P/c1-15-26-22(27(35(2)34-26)17-6-16(7-19(30)8-17)14-40(3,38)39)4-5-36(15)28(37)24-11-20(31)10-23(25(24)29)18-9-21(12-32)33-13-18/h6-11,15,18,26,33-34H,4-5,13-14H2,1-3H3,(H,38,39)/p-1/t15-,18?,26?/m0/s1. The van der Waals surface area contributed by atoms with Crippen molar-refractivity contribution >= 4 is 30.6 Å². The zero-order valence-electron chi connectivity index (χ0n) is 22.2. The minimum Gasteiger partial charge on any atom is -0.799 e. The lowest BCUT2D eigenvalue weighted by Crippen LogP contribution is -2.55. The quantitative estimate of drug-likeness (QED) is 0.511. The number of hydrogen-bond acceptors (Lipinski definition) is 7. The normalized spacial score (nSPS) is 23.9. The van der Waals surface area contributed by atoms with Gasteiger partial charge >= 0.3 is 0 Å². The number of benzene rings is 2. The number of amides is 1. The Bertz CT molecular complexity index is 1550. The van der Waals surface area contributed by atoms with Gasteiger partial charge in [0.05, 0.1) is 28.4 Å². The third-order valence-corrected chi connectivity index (χ3v) is 8.96. The van der Waals surface area contributed by atoms with Crippen LogP contribution in [0.1, 0.15) is 46.3 Å². The molecule has 3 aliphatic rings. The highest BCUT2D eigenvalue weighted by molar-refractivity contribution is 7.54. The maximum Gasteiger partial charge on any atom is 0.255 e. The van der Waals surface area contributed by atoms with Gasteiger partial charge in [-0.2, -0.15) is 5.26 Å². The van der Waals surface area contributed by atoms with Crippen LogP contribution in [0, 0.1) is 23.0 Å². The van der Waals surface area contributed by atoms with Crippen LogP contribution in [0.4, 0.5) is 8.78 Å². The average molecular weight is 587 g/mol. The molecule has 3 unspecified atom stereocenters. The third kappa shape index (κ3) is 5.39. The van der Waals surface area contributed by atoms with Crippen molar-refractivity contribution in [2.45, 2.75) is 37.5 Å². The topological polar surface area (TPSA) is 112 Å². The first kappa shape index (κ1) is 28.3. The van der Waals surface area contributed by atoms with Crippen molar-refractivity contribution in [1.82, 2.24) is 20.7 Å². The van der Waals surface area contributed by atoms with E-state index in [0.29, 0.717) is 41.9 Å². The van der Waals surface area contributed by atoms with Crippen LogP contribution < -0.4 is 15.6 Å². The highest BCUT2D eigenvalue weighted by atomic mass is 35.5. The van der Waals surface area contributed by atoms with Crippen molar-refractivity contribution in [2.24, 2.45) is 0 Å². The first-order valence-electron chi connectivity index (χ1n) is 12.8. The Morgan fingerprint density at radius 2 is 1.98 bits per heavy atom. The highest BCUT2D eigenvalue weighted by Crippen LogP contribution is 2.40. The lowest BCUT2D eigenvalue weighted by Gasteiger charge is -2.39. The van der Waals surface area contributed by atoms with E-state index < -0.39 is 24.9 Å². The van der Waals surface area contributed by atoms with Crippen molar-refractivity contribution in [1.29, 1.82) is 5.26 Å². The first-order valence-corrected chi connectivity index (χ1v) is 15.5. The summed E-state index contributed by atoms with van der Waals surface area (Å²) in [7, 11) is -1.86. The Hall–Kier alpha value is -3.22. The van der Waals surface area contributed by atoms with E-state index in [4.69, 9.17) is 16.9 Å². The molecule has 12 heteroatoms. The summed E-state index contributed by atoms with van der Waals surface area (Å²) in [5.41, 5.74) is 6.83. The van der Waals surface area contributed by atoms with Crippen LogP contribution >= 0.6 is 19.0 Å². The molecule has 0 radical (unpaired) electrons. The molecule has 1 saturated heterocycles. The van der Waals surface area contributed by atoms with Crippen LogP contribution in [0.3, 0.4) is 0 Å². The van der Waals surface area contributed by atoms with E-state index in [-0.39, 0.29) is 34.7 Å². The monoisotopic (exact) mass is 586 g/mol. The maximum absolute atomic E-state index is 14.7. The molecular formula is C28H28ClF2N5O3P-. The number of halogens is 3. The minimum absolute atomic E-state index is 0.0534. The van der Waals surface area contributed by atoms with E-state index >= 15 is 0 Å². The lowest BCUT2D eigenvalue weighted by atomic mass is 9.89. The minimum atomic E-state index is -3.65. The van der Waals surface area contributed by atoms with Gasteiger partial charge in [0.2, 0.25) is 0 Å². The van der Waals surface area contributed by atoms with Gasteiger partial charge < -0.3 is 24.7 Å². The molecule has 2 aromatic carbocycles. The van der Waals surface area contributed by atoms with Crippen molar-refractivity contribution in [3.05, 3.63) is 86.6 Å². The molecule has 2 N–H and O–H groups in total. The fraction of sp³-hybridized carbons (Fsp3) is 0.357. The van der Waals surface area contributed by atoms with Crippen LogP contribution in [0.5, 0.6) is 0 Å². The second kappa shape index (κ2) is 10.6. The van der Waals surface area contributed by atoms with Crippen LogP contribution in [0.2, 0.25) is 5.02 Å². The van der Waals surface area contributed by atoms with Crippen LogP contribution in [0.25, 0.3) is 5.70 Å². The van der Waals surface area contributed by atoms with Crippen LogP contribution in [0.15, 0.2) is 47.7 Å². The molecule has 4 atom stereocenters. The zero-order chi connectivity index (χ0) is 28.9. The molecule has 210 valence electrons. The van der Waals surface area contributed by atoms with Gasteiger partial charge in [0.25, 0.3) is 5.91 Å². The summed E-state index contributed by atoms with van der Waals surface area (Å²) in [4.78, 5) is 27.2. The number of piperidine rings is 1. The number of likely N-dealkylation sites (tertiary alicyclic amines) is 1. The van der Waals surface area contributed by atoms with Gasteiger partial charge in [-0.15, -0.1) is 0 Å². The van der Waals surface area contributed by atoms with Gasteiger partial charge in [-0.1, -0.05) is 11.6 Å². The SMILES string of the molecule is C[C@H]1C2NN(C)C(c3cc(F)cc(CP(C)(=O)[O-])c3)=C2CCN1C(=O)c1cc(F)cc(C2C=C(C#N)NC2)c1Cl. The van der Waals surface area contributed by atoms with Crippen molar-refractivity contribution < 1.29 is 23.0 Å². The number of carbonyl (C=O) groups excluding carboxylic acids is 1. The fourth-order valence-electron chi connectivity index (χ4n) is 5.89. The largest absolute Gasteiger partial charge is 0.799 e. The number of allylic oxidation sites excluding steroid dienone is 1. The molecule has 3 aliphatic heterocycles. The van der Waals surface area contributed by atoms with Gasteiger partial charge in [0, 0.05) is 45.1 Å². The predicted octanol–water partition coefficient (Wildman–Crippen LogP) is 3.94. The summed E-state index contributed by atoms with van der Waals surface area (Å²) in [6.45, 7) is 3.71. The van der Waals surface area contributed by atoms with E-state index in [2.05, 4.69) is 10.7 Å². The van der Waals surface area contributed by atoms with Crippen LogP contribution in [-0.2, 0) is 10.7 Å². The summed E-state index contributed by atoms with van der Waals surface area (Å²) in [6.07, 6.45) is 1.89. The van der Waals surface area contributed by atoms with Crippen molar-refractivity contribution in [3.8, 4) is 6.07 Å². The number of nitrogens with zero attached hydrogens (tertiary/aromatic N) is 3. The number of fused-ring (bicyclic) bond motifs is 1. The second-order valence-electron chi connectivity index (χ2n) is 10.6. The summed E-state index contributed by atoms with van der Waals surface area (Å²) < 4.78 is 41.1. The average Bonchev–Trinajstić information content (AvgIpc) is 3.48. The van der Waals surface area contributed by atoms with Gasteiger partial charge in [-0.05, 0) is 73.1 Å². The van der Waals surface area contributed by atoms with Crippen molar-refractivity contribution in [3.63, 3.8) is 0 Å². The predicted molar refractivity (Wildman–Crippen MR) is 146 cm³/mol. The molecule has 2 aromatic rings. The van der Waals surface area contributed by atoms with Gasteiger partial charge in [-0.25, -0.2) is 14.2 Å². The molecule has 5 rings (SSSR count). The smallest absolute Gasteiger partial charge is 0.255 e. The van der Waals surface area contributed by atoms with Crippen molar-refractivity contribution in [2.75, 3.05) is 26.8 Å². The van der Waals surface area contributed by atoms with E-state index in [1.54, 1.807) is 29.1 Å². The molecule has 0 bridgehead atoms. The molecule has 0 saturated carbocycles. The number of hydrogen-bond donors (Lipinski definition) is 2.